The Balaban J connectivity index is 2.34. The van der Waals surface area contributed by atoms with Gasteiger partial charge in [0.25, 0.3) is 5.91 Å². The van der Waals surface area contributed by atoms with Gasteiger partial charge in [0.15, 0.2) is 0 Å². The molecule has 0 aromatic carbocycles. The normalized spacial score (nSPS) is 20.3. The van der Waals surface area contributed by atoms with E-state index in [9.17, 15) is 9.90 Å². The number of hydrogen-bond donors (Lipinski definition) is 2. The highest BCUT2D eigenvalue weighted by Crippen LogP contribution is 2.21. The van der Waals surface area contributed by atoms with Crippen molar-refractivity contribution in [3.63, 3.8) is 0 Å². The van der Waals surface area contributed by atoms with E-state index in [-0.39, 0.29) is 12.6 Å². The SMILES string of the molecule is NC(=O)c1cccnc1N1CCOCC1CO. The molecule has 1 aromatic heterocycles. The van der Waals surface area contributed by atoms with Crippen molar-refractivity contribution in [2.45, 2.75) is 6.04 Å². The summed E-state index contributed by atoms with van der Waals surface area (Å²) in [6, 6.07) is 3.11. The number of nitrogens with two attached hydrogens (primary N) is 1. The lowest BCUT2D eigenvalue weighted by molar-refractivity contribution is 0.0720. The zero-order valence-corrected chi connectivity index (χ0v) is 9.37. The van der Waals surface area contributed by atoms with E-state index in [0.29, 0.717) is 31.1 Å². The highest BCUT2D eigenvalue weighted by atomic mass is 16.5. The van der Waals surface area contributed by atoms with E-state index in [0.717, 1.165) is 0 Å². The number of nitrogens with zero attached hydrogens (tertiary/aromatic N) is 2. The maximum Gasteiger partial charge on any atom is 0.252 e. The van der Waals surface area contributed by atoms with Crippen LogP contribution in [0.5, 0.6) is 0 Å². The van der Waals surface area contributed by atoms with Crippen LogP contribution in [0.2, 0.25) is 0 Å². The highest BCUT2D eigenvalue weighted by molar-refractivity contribution is 5.97. The molecule has 0 bridgehead atoms. The molecule has 1 fully saturated rings. The smallest absolute Gasteiger partial charge is 0.252 e. The van der Waals surface area contributed by atoms with E-state index in [1.165, 1.54) is 0 Å². The Hall–Kier alpha value is -1.66. The lowest BCUT2D eigenvalue weighted by Gasteiger charge is -2.36. The zero-order valence-electron chi connectivity index (χ0n) is 9.37. The summed E-state index contributed by atoms with van der Waals surface area (Å²) in [4.78, 5) is 17.4. The summed E-state index contributed by atoms with van der Waals surface area (Å²) >= 11 is 0. The monoisotopic (exact) mass is 237 g/mol. The largest absolute Gasteiger partial charge is 0.394 e. The highest BCUT2D eigenvalue weighted by Gasteiger charge is 2.26. The molecule has 1 atom stereocenters. The topological polar surface area (TPSA) is 88.7 Å². The van der Waals surface area contributed by atoms with Gasteiger partial charge in [0.2, 0.25) is 0 Å². The van der Waals surface area contributed by atoms with Gasteiger partial charge in [0, 0.05) is 12.7 Å². The van der Waals surface area contributed by atoms with Crippen molar-refractivity contribution >= 4 is 11.7 Å². The lowest BCUT2D eigenvalue weighted by atomic mass is 10.1. The number of primary amides is 1. The molecule has 1 amide bonds. The number of ether oxygens (including phenoxy) is 1. The maximum absolute atomic E-state index is 11.3. The molecule has 1 saturated heterocycles. The van der Waals surface area contributed by atoms with E-state index in [1.807, 2.05) is 4.90 Å². The van der Waals surface area contributed by atoms with Gasteiger partial charge in [0.1, 0.15) is 5.82 Å². The molecule has 17 heavy (non-hydrogen) atoms. The van der Waals surface area contributed by atoms with Crippen LogP contribution in [0.1, 0.15) is 10.4 Å². The first-order chi connectivity index (χ1) is 8.24. The van der Waals surface area contributed by atoms with Crippen LogP contribution in [0.4, 0.5) is 5.82 Å². The van der Waals surface area contributed by atoms with Crippen LogP contribution in [0.15, 0.2) is 18.3 Å². The molecule has 0 radical (unpaired) electrons. The third kappa shape index (κ3) is 2.37. The summed E-state index contributed by atoms with van der Waals surface area (Å²) in [5.74, 6) is -0.00127. The first-order valence-electron chi connectivity index (χ1n) is 5.44. The number of morpholine rings is 1. The molecule has 6 nitrogen and oxygen atoms in total. The Kier molecular flexibility index (Phi) is 3.55. The Labute approximate surface area is 99.0 Å². The van der Waals surface area contributed by atoms with Crippen LogP contribution in [-0.2, 0) is 4.74 Å². The van der Waals surface area contributed by atoms with Crippen LogP contribution in [0.25, 0.3) is 0 Å². The van der Waals surface area contributed by atoms with Gasteiger partial charge in [-0.05, 0) is 12.1 Å². The average molecular weight is 237 g/mol. The molecule has 0 saturated carbocycles. The quantitative estimate of drug-likeness (QED) is 0.731. The second-order valence-electron chi connectivity index (χ2n) is 3.84. The van der Waals surface area contributed by atoms with Gasteiger partial charge in [-0.25, -0.2) is 4.98 Å². The van der Waals surface area contributed by atoms with Gasteiger partial charge >= 0.3 is 0 Å². The average Bonchev–Trinajstić information content (AvgIpc) is 2.38. The molecule has 3 N–H and O–H groups in total. The summed E-state index contributed by atoms with van der Waals surface area (Å²) in [7, 11) is 0. The minimum absolute atomic E-state index is 0.0468. The standard InChI is InChI=1S/C11H15N3O3/c12-10(16)9-2-1-3-13-11(9)14-4-5-17-7-8(14)6-15/h1-3,8,15H,4-7H2,(H2,12,16). The molecule has 1 unspecified atom stereocenters. The van der Waals surface area contributed by atoms with E-state index in [4.69, 9.17) is 10.5 Å². The van der Waals surface area contributed by atoms with Gasteiger partial charge in [-0.3, -0.25) is 4.79 Å². The fraction of sp³-hybridized carbons (Fsp3) is 0.455. The zero-order chi connectivity index (χ0) is 12.3. The van der Waals surface area contributed by atoms with Gasteiger partial charge in [-0.2, -0.15) is 0 Å². The summed E-state index contributed by atoms with van der Waals surface area (Å²) < 4.78 is 5.28. The van der Waals surface area contributed by atoms with Crippen molar-refractivity contribution in [2.75, 3.05) is 31.3 Å². The first-order valence-corrected chi connectivity index (χ1v) is 5.44. The molecule has 2 heterocycles. The minimum Gasteiger partial charge on any atom is -0.394 e. The molecule has 1 aromatic rings. The maximum atomic E-state index is 11.3. The summed E-state index contributed by atoms with van der Waals surface area (Å²) in [6.45, 7) is 1.51. The predicted octanol–water partition coefficient (Wildman–Crippen LogP) is -0.622. The van der Waals surface area contributed by atoms with Crippen LogP contribution in [0.3, 0.4) is 0 Å². The number of hydrogen-bond acceptors (Lipinski definition) is 5. The van der Waals surface area contributed by atoms with Crippen LogP contribution < -0.4 is 10.6 Å². The molecule has 0 spiro atoms. The molecule has 92 valence electrons. The second-order valence-corrected chi connectivity index (χ2v) is 3.84. The summed E-state index contributed by atoms with van der Waals surface area (Å²) in [5, 5.41) is 9.29. The molecule has 2 rings (SSSR count). The number of carbonyl (C=O) groups is 1. The van der Waals surface area contributed by atoms with Crippen LogP contribution in [0, 0.1) is 0 Å². The number of aromatic nitrogens is 1. The van der Waals surface area contributed by atoms with Gasteiger partial charge in [-0.15, -0.1) is 0 Å². The second kappa shape index (κ2) is 5.11. The number of amides is 1. The molecule has 6 heteroatoms. The molecular weight excluding hydrogens is 222 g/mol. The van der Waals surface area contributed by atoms with Gasteiger partial charge in [-0.1, -0.05) is 0 Å². The van der Waals surface area contributed by atoms with Crippen molar-refractivity contribution in [2.24, 2.45) is 5.73 Å². The Bertz CT molecular complexity index is 411. The van der Waals surface area contributed by atoms with Crippen molar-refractivity contribution in [3.05, 3.63) is 23.9 Å². The third-order valence-electron chi connectivity index (χ3n) is 2.76. The molecule has 1 aliphatic heterocycles. The van der Waals surface area contributed by atoms with Crippen molar-refractivity contribution in [1.82, 2.24) is 4.98 Å². The number of aliphatic hydroxyl groups is 1. The summed E-state index contributed by atoms with van der Waals surface area (Å²) in [5.41, 5.74) is 5.68. The van der Waals surface area contributed by atoms with Gasteiger partial charge in [0.05, 0.1) is 31.4 Å². The Morgan fingerprint density at radius 2 is 2.53 bits per heavy atom. The van der Waals surface area contributed by atoms with Gasteiger partial charge < -0.3 is 20.5 Å². The first kappa shape index (κ1) is 11.8. The van der Waals surface area contributed by atoms with E-state index < -0.39 is 5.91 Å². The number of carbonyl (C=O) groups excluding carboxylic acids is 1. The van der Waals surface area contributed by atoms with E-state index >= 15 is 0 Å². The number of anilines is 1. The Morgan fingerprint density at radius 1 is 1.71 bits per heavy atom. The minimum atomic E-state index is -0.517. The van der Waals surface area contributed by atoms with Crippen LogP contribution >= 0.6 is 0 Å². The fourth-order valence-electron chi connectivity index (χ4n) is 1.90. The van der Waals surface area contributed by atoms with E-state index in [2.05, 4.69) is 4.98 Å². The predicted molar refractivity (Wildman–Crippen MR) is 61.8 cm³/mol. The summed E-state index contributed by atoms with van der Waals surface area (Å²) in [6.07, 6.45) is 1.60. The molecular formula is C11H15N3O3. The van der Waals surface area contributed by atoms with E-state index in [1.54, 1.807) is 18.3 Å². The lowest BCUT2D eigenvalue weighted by Crippen LogP contribution is -2.48. The molecule has 1 aliphatic rings. The third-order valence-corrected chi connectivity index (χ3v) is 2.76. The van der Waals surface area contributed by atoms with Crippen LogP contribution in [-0.4, -0.2) is 48.4 Å². The number of rotatable bonds is 3. The number of aliphatic hydroxyl groups excluding tert-OH is 1. The van der Waals surface area contributed by atoms with Crippen molar-refractivity contribution in [3.8, 4) is 0 Å². The molecule has 0 aliphatic carbocycles. The fourth-order valence-corrected chi connectivity index (χ4v) is 1.90. The number of pyridine rings is 1. The Morgan fingerprint density at radius 3 is 3.24 bits per heavy atom. The van der Waals surface area contributed by atoms with Crippen molar-refractivity contribution < 1.29 is 14.6 Å². The van der Waals surface area contributed by atoms with Crippen molar-refractivity contribution in [1.29, 1.82) is 0 Å².